The molecule has 0 aromatic heterocycles. The number of rotatable bonds is 5. The lowest BCUT2D eigenvalue weighted by Crippen LogP contribution is -2.34. The summed E-state index contributed by atoms with van der Waals surface area (Å²) in [5.74, 6) is 0. The zero-order valence-corrected chi connectivity index (χ0v) is 18.2. The number of ether oxygens (including phenoxy) is 1. The van der Waals surface area contributed by atoms with Gasteiger partial charge in [-0.3, -0.25) is 0 Å². The first-order valence-corrected chi connectivity index (χ1v) is 9.78. The van der Waals surface area contributed by atoms with Crippen molar-refractivity contribution in [1.29, 1.82) is 0 Å². The number of halogens is 1. The van der Waals surface area contributed by atoms with E-state index in [9.17, 15) is 9.59 Å². The maximum atomic E-state index is 12.5. The topological polar surface area (TPSA) is 70.7 Å². The first-order valence-electron chi connectivity index (χ1n) is 9.40. The monoisotopic (exact) mass is 417 g/mol. The number of carbonyl (C=O) groups excluding carboxylic acids is 2. The number of hydrogen-bond donors (Lipinski definition) is 2. The number of benzene rings is 2. The van der Waals surface area contributed by atoms with Gasteiger partial charge in [0.2, 0.25) is 0 Å². The maximum Gasteiger partial charge on any atom is 0.410 e. The molecule has 0 fully saturated rings. The molecule has 1 atom stereocenters. The zero-order valence-electron chi connectivity index (χ0n) is 17.5. The molecule has 0 aliphatic rings. The molecule has 0 saturated heterocycles. The number of nitrogens with one attached hydrogen (secondary N) is 2. The number of anilines is 1. The summed E-state index contributed by atoms with van der Waals surface area (Å²) < 4.78 is 5.38. The van der Waals surface area contributed by atoms with E-state index in [2.05, 4.69) is 10.6 Å². The number of hydrogen-bond acceptors (Lipinski definition) is 3. The van der Waals surface area contributed by atoms with Crippen molar-refractivity contribution >= 4 is 29.4 Å². The summed E-state index contributed by atoms with van der Waals surface area (Å²) in [6.45, 7) is 7.64. The van der Waals surface area contributed by atoms with Gasteiger partial charge in [0.25, 0.3) is 0 Å². The van der Waals surface area contributed by atoms with Gasteiger partial charge in [-0.15, -0.1) is 0 Å². The Kier molecular flexibility index (Phi) is 7.51. The largest absolute Gasteiger partial charge is 0.444 e. The van der Waals surface area contributed by atoms with E-state index in [1.807, 2.05) is 64.1 Å². The minimum atomic E-state index is -0.570. The Hall–Kier alpha value is -2.73. The van der Waals surface area contributed by atoms with E-state index in [0.29, 0.717) is 17.3 Å². The van der Waals surface area contributed by atoms with Gasteiger partial charge >= 0.3 is 12.1 Å². The molecule has 0 heterocycles. The maximum absolute atomic E-state index is 12.5. The fourth-order valence-electron chi connectivity index (χ4n) is 2.65. The van der Waals surface area contributed by atoms with Crippen LogP contribution in [0.3, 0.4) is 0 Å². The highest BCUT2D eigenvalue weighted by atomic mass is 35.5. The zero-order chi connectivity index (χ0) is 21.6. The molecule has 0 spiro atoms. The van der Waals surface area contributed by atoms with Crippen LogP contribution in [-0.2, 0) is 11.3 Å². The number of nitrogens with zero attached hydrogens (tertiary/aromatic N) is 1. The second-order valence-corrected chi connectivity index (χ2v) is 8.31. The van der Waals surface area contributed by atoms with Crippen LogP contribution in [-0.4, -0.2) is 29.7 Å². The van der Waals surface area contributed by atoms with Gasteiger partial charge in [0.1, 0.15) is 5.60 Å². The number of para-hydroxylation sites is 1. The Morgan fingerprint density at radius 2 is 1.83 bits per heavy atom. The van der Waals surface area contributed by atoms with Gasteiger partial charge in [0, 0.05) is 17.8 Å². The lowest BCUT2D eigenvalue weighted by Gasteiger charge is -2.25. The molecule has 3 amide bonds. The molecule has 2 N–H and O–H groups in total. The van der Waals surface area contributed by atoms with Crippen molar-refractivity contribution in [3.05, 3.63) is 64.7 Å². The molecule has 7 heteroatoms. The Balaban J connectivity index is 2.02. The first kappa shape index (κ1) is 22.6. The van der Waals surface area contributed by atoms with E-state index >= 15 is 0 Å². The molecule has 0 radical (unpaired) electrons. The highest BCUT2D eigenvalue weighted by molar-refractivity contribution is 6.30. The average molecular weight is 418 g/mol. The lowest BCUT2D eigenvalue weighted by atomic mass is 10.1. The van der Waals surface area contributed by atoms with Gasteiger partial charge in [-0.25, -0.2) is 9.59 Å². The molecule has 0 aliphatic carbocycles. The SMILES string of the molecule is CC(NC(=O)Nc1ccccc1CN(C)C(=O)OC(C)(C)C)c1cccc(Cl)c1. The number of carbonyl (C=O) groups is 2. The van der Waals surface area contributed by atoms with Gasteiger partial charge in [-0.05, 0) is 57.0 Å². The number of amides is 3. The van der Waals surface area contributed by atoms with Crippen LogP contribution in [0.1, 0.15) is 44.9 Å². The third kappa shape index (κ3) is 7.31. The highest BCUT2D eigenvalue weighted by Gasteiger charge is 2.20. The van der Waals surface area contributed by atoms with Crippen molar-refractivity contribution in [3.63, 3.8) is 0 Å². The van der Waals surface area contributed by atoms with Crippen molar-refractivity contribution in [3.8, 4) is 0 Å². The standard InChI is InChI=1S/C22H28ClN3O3/c1-15(16-10-8-11-18(23)13-16)24-20(27)25-19-12-7-6-9-17(19)14-26(5)21(28)29-22(2,3)4/h6-13,15H,14H2,1-5H3,(H2,24,25,27). The average Bonchev–Trinajstić information content (AvgIpc) is 2.61. The van der Waals surface area contributed by atoms with Crippen molar-refractivity contribution < 1.29 is 14.3 Å². The van der Waals surface area contributed by atoms with Crippen LogP contribution in [0, 0.1) is 0 Å². The Morgan fingerprint density at radius 3 is 2.48 bits per heavy atom. The molecular weight excluding hydrogens is 390 g/mol. The van der Waals surface area contributed by atoms with Crippen LogP contribution < -0.4 is 10.6 Å². The van der Waals surface area contributed by atoms with Gasteiger partial charge < -0.3 is 20.3 Å². The predicted octanol–water partition coefficient (Wildman–Crippen LogP) is 5.59. The smallest absolute Gasteiger partial charge is 0.410 e. The minimum Gasteiger partial charge on any atom is -0.444 e. The summed E-state index contributed by atoms with van der Waals surface area (Å²) in [6.07, 6.45) is -0.425. The normalized spacial score (nSPS) is 12.1. The Morgan fingerprint density at radius 1 is 1.14 bits per heavy atom. The van der Waals surface area contributed by atoms with Crippen molar-refractivity contribution in [2.45, 2.75) is 45.9 Å². The first-order chi connectivity index (χ1) is 13.5. The van der Waals surface area contributed by atoms with Crippen molar-refractivity contribution in [2.24, 2.45) is 0 Å². The fourth-order valence-corrected chi connectivity index (χ4v) is 2.85. The van der Waals surface area contributed by atoms with Gasteiger partial charge in [-0.1, -0.05) is 41.9 Å². The summed E-state index contributed by atoms with van der Waals surface area (Å²) in [4.78, 5) is 26.2. The number of urea groups is 1. The van der Waals surface area contributed by atoms with Crippen LogP contribution in [0.5, 0.6) is 0 Å². The molecular formula is C22H28ClN3O3. The second kappa shape index (κ2) is 9.65. The van der Waals surface area contributed by atoms with E-state index in [1.165, 1.54) is 4.90 Å². The van der Waals surface area contributed by atoms with E-state index in [4.69, 9.17) is 16.3 Å². The molecule has 0 saturated carbocycles. The quantitative estimate of drug-likeness (QED) is 0.666. The van der Waals surface area contributed by atoms with Crippen LogP contribution >= 0.6 is 11.6 Å². The molecule has 0 aliphatic heterocycles. The summed E-state index contributed by atoms with van der Waals surface area (Å²) in [5.41, 5.74) is 1.76. The molecule has 1 unspecified atom stereocenters. The van der Waals surface area contributed by atoms with E-state index < -0.39 is 11.7 Å². The molecule has 2 rings (SSSR count). The third-order valence-corrected chi connectivity index (χ3v) is 4.31. The summed E-state index contributed by atoms with van der Waals surface area (Å²) in [5, 5.41) is 6.37. The van der Waals surface area contributed by atoms with Crippen LogP contribution in [0.15, 0.2) is 48.5 Å². The second-order valence-electron chi connectivity index (χ2n) is 7.87. The molecule has 2 aromatic carbocycles. The van der Waals surface area contributed by atoms with Gasteiger partial charge in [0.15, 0.2) is 0 Å². The molecule has 0 bridgehead atoms. The third-order valence-electron chi connectivity index (χ3n) is 4.07. The van der Waals surface area contributed by atoms with Crippen molar-refractivity contribution in [1.82, 2.24) is 10.2 Å². The molecule has 156 valence electrons. The van der Waals surface area contributed by atoms with Crippen LogP contribution in [0.4, 0.5) is 15.3 Å². The van der Waals surface area contributed by atoms with Crippen molar-refractivity contribution in [2.75, 3.05) is 12.4 Å². The van der Waals surface area contributed by atoms with E-state index in [1.54, 1.807) is 19.2 Å². The Labute approximate surface area is 177 Å². The fraction of sp³-hybridized carbons (Fsp3) is 0.364. The van der Waals surface area contributed by atoms with E-state index in [-0.39, 0.29) is 12.1 Å². The van der Waals surface area contributed by atoms with Gasteiger partial charge in [-0.2, -0.15) is 0 Å². The minimum absolute atomic E-state index is 0.217. The summed E-state index contributed by atoms with van der Waals surface area (Å²) in [7, 11) is 1.66. The molecule has 2 aromatic rings. The Bertz CT molecular complexity index is 864. The van der Waals surface area contributed by atoms with Crippen LogP contribution in [0.25, 0.3) is 0 Å². The summed E-state index contributed by atoms with van der Waals surface area (Å²) in [6, 6.07) is 14.1. The van der Waals surface area contributed by atoms with E-state index in [0.717, 1.165) is 11.1 Å². The highest BCUT2D eigenvalue weighted by Crippen LogP contribution is 2.20. The lowest BCUT2D eigenvalue weighted by molar-refractivity contribution is 0.0285. The predicted molar refractivity (Wildman–Crippen MR) is 116 cm³/mol. The van der Waals surface area contributed by atoms with Gasteiger partial charge in [0.05, 0.1) is 12.6 Å². The van der Waals surface area contributed by atoms with Crippen LogP contribution in [0.2, 0.25) is 5.02 Å². The molecule has 29 heavy (non-hydrogen) atoms. The molecule has 6 nitrogen and oxygen atoms in total. The summed E-state index contributed by atoms with van der Waals surface area (Å²) >= 11 is 6.02.